The molecule has 4 rings (SSSR count). The number of carboxylic acid groups (broad SMARTS) is 1. The minimum atomic E-state index is -0.969. The lowest BCUT2D eigenvalue weighted by Gasteiger charge is -2.36. The fourth-order valence-corrected chi connectivity index (χ4v) is 4.85. The Labute approximate surface area is 183 Å². The smallest absolute Gasteiger partial charge is 0.337 e. The van der Waals surface area contributed by atoms with Crippen LogP contribution in [0.2, 0.25) is 0 Å². The lowest BCUT2D eigenvalue weighted by atomic mass is 9.96. The number of amides is 1. The Balaban J connectivity index is 1.50. The summed E-state index contributed by atoms with van der Waals surface area (Å²) in [5, 5.41) is 12.7. The van der Waals surface area contributed by atoms with Gasteiger partial charge < -0.3 is 20.2 Å². The molecule has 0 radical (unpaired) electrons. The van der Waals surface area contributed by atoms with E-state index >= 15 is 0 Å². The molecule has 2 N–H and O–H groups in total. The summed E-state index contributed by atoms with van der Waals surface area (Å²) in [5.41, 5.74) is 2.95. The van der Waals surface area contributed by atoms with Gasteiger partial charge in [0.25, 0.3) is 5.91 Å². The summed E-state index contributed by atoms with van der Waals surface area (Å²) in [6.45, 7) is 7.11. The van der Waals surface area contributed by atoms with Crippen LogP contribution in [-0.2, 0) is 0 Å². The minimum absolute atomic E-state index is 0.231. The number of aromatic carboxylic acids is 1. The molecular weight excluding hydrogens is 390 g/mol. The molecule has 6 heteroatoms. The first-order valence-corrected chi connectivity index (χ1v) is 11.2. The van der Waals surface area contributed by atoms with E-state index in [1.54, 1.807) is 12.1 Å². The zero-order valence-corrected chi connectivity index (χ0v) is 18.1. The van der Waals surface area contributed by atoms with Crippen molar-refractivity contribution >= 4 is 23.3 Å². The molecule has 2 heterocycles. The third-order valence-electron chi connectivity index (χ3n) is 6.45. The zero-order valence-electron chi connectivity index (χ0n) is 18.1. The van der Waals surface area contributed by atoms with E-state index in [9.17, 15) is 14.7 Å². The highest BCUT2D eigenvalue weighted by Crippen LogP contribution is 2.30. The largest absolute Gasteiger partial charge is 0.478 e. The number of likely N-dealkylation sites (tertiary alicyclic amines) is 1. The number of nitrogens with zero attached hydrogens (tertiary/aromatic N) is 2. The average Bonchev–Trinajstić information content (AvgIpc) is 3.27. The highest BCUT2D eigenvalue weighted by Gasteiger charge is 2.26. The van der Waals surface area contributed by atoms with Gasteiger partial charge in [0.1, 0.15) is 0 Å². The van der Waals surface area contributed by atoms with Crippen LogP contribution in [0.1, 0.15) is 52.0 Å². The van der Waals surface area contributed by atoms with Gasteiger partial charge in [-0.25, -0.2) is 4.79 Å². The Hall–Kier alpha value is -2.86. The van der Waals surface area contributed by atoms with Gasteiger partial charge in [0.2, 0.25) is 0 Å². The van der Waals surface area contributed by atoms with Gasteiger partial charge in [0, 0.05) is 30.9 Å². The maximum atomic E-state index is 12.6. The van der Waals surface area contributed by atoms with E-state index in [1.165, 1.54) is 32.4 Å². The number of benzene rings is 2. The van der Waals surface area contributed by atoms with Crippen LogP contribution >= 0.6 is 0 Å². The highest BCUT2D eigenvalue weighted by atomic mass is 16.4. The molecule has 1 amide bonds. The molecule has 2 aromatic carbocycles. The van der Waals surface area contributed by atoms with Gasteiger partial charge in [-0.15, -0.1) is 0 Å². The van der Waals surface area contributed by atoms with Crippen molar-refractivity contribution in [1.29, 1.82) is 0 Å². The summed E-state index contributed by atoms with van der Waals surface area (Å²) in [6.07, 6.45) is 4.84. The van der Waals surface area contributed by atoms with Gasteiger partial charge in [-0.2, -0.15) is 0 Å². The molecule has 31 heavy (non-hydrogen) atoms. The second-order valence-corrected chi connectivity index (χ2v) is 8.77. The second-order valence-electron chi connectivity index (χ2n) is 8.77. The first-order chi connectivity index (χ1) is 15.0. The van der Waals surface area contributed by atoms with E-state index < -0.39 is 5.97 Å². The number of carbonyl (C=O) groups excluding carboxylic acids is 1. The predicted molar refractivity (Wildman–Crippen MR) is 123 cm³/mol. The predicted octanol–water partition coefficient (Wildman–Crippen LogP) is 4.26. The summed E-state index contributed by atoms with van der Waals surface area (Å²) in [6, 6.07) is 12.6. The highest BCUT2D eigenvalue weighted by molar-refractivity contribution is 6.06. The maximum Gasteiger partial charge on any atom is 0.337 e. The SMILES string of the molecule is Cc1ccccc1C(=O)Nc1ccc(N2CCC[C@@H](CN3CCCC3)C2)c(C(=O)O)c1. The Bertz CT molecular complexity index is 953. The van der Waals surface area contributed by atoms with Crippen molar-refractivity contribution in [3.8, 4) is 0 Å². The van der Waals surface area contributed by atoms with Crippen LogP contribution < -0.4 is 10.2 Å². The maximum absolute atomic E-state index is 12.6. The molecule has 0 saturated carbocycles. The summed E-state index contributed by atoms with van der Waals surface area (Å²) in [4.78, 5) is 29.4. The van der Waals surface area contributed by atoms with Crippen molar-refractivity contribution in [2.75, 3.05) is 42.9 Å². The molecule has 0 aromatic heterocycles. The molecule has 2 aromatic rings. The molecule has 2 aliphatic rings. The van der Waals surface area contributed by atoms with Crippen LogP contribution in [0.4, 0.5) is 11.4 Å². The van der Waals surface area contributed by atoms with Gasteiger partial charge in [0.15, 0.2) is 0 Å². The summed E-state index contributed by atoms with van der Waals surface area (Å²) in [7, 11) is 0. The number of rotatable bonds is 6. The molecule has 2 aliphatic heterocycles. The Morgan fingerprint density at radius 3 is 2.55 bits per heavy atom. The van der Waals surface area contributed by atoms with Crippen LogP contribution in [0.25, 0.3) is 0 Å². The molecule has 2 saturated heterocycles. The van der Waals surface area contributed by atoms with Crippen molar-refractivity contribution in [1.82, 2.24) is 4.90 Å². The number of aryl methyl sites for hydroxylation is 1. The number of nitrogens with one attached hydrogen (secondary N) is 1. The molecule has 0 bridgehead atoms. The molecule has 6 nitrogen and oxygen atoms in total. The van der Waals surface area contributed by atoms with Gasteiger partial charge >= 0.3 is 5.97 Å². The first kappa shape index (κ1) is 21.4. The van der Waals surface area contributed by atoms with Crippen LogP contribution in [0.15, 0.2) is 42.5 Å². The Morgan fingerprint density at radius 2 is 1.81 bits per heavy atom. The minimum Gasteiger partial charge on any atom is -0.478 e. The fraction of sp³-hybridized carbons (Fsp3) is 0.440. The molecule has 0 spiro atoms. The van der Waals surface area contributed by atoms with Crippen molar-refractivity contribution in [2.24, 2.45) is 5.92 Å². The molecule has 164 valence electrons. The monoisotopic (exact) mass is 421 g/mol. The number of anilines is 2. The van der Waals surface area contributed by atoms with E-state index in [0.717, 1.165) is 37.3 Å². The first-order valence-electron chi connectivity index (χ1n) is 11.2. The van der Waals surface area contributed by atoms with Crippen molar-refractivity contribution in [3.63, 3.8) is 0 Å². The Kier molecular flexibility index (Phi) is 6.56. The third-order valence-corrected chi connectivity index (χ3v) is 6.45. The lowest BCUT2D eigenvalue weighted by molar-refractivity contribution is 0.0697. The van der Waals surface area contributed by atoms with Crippen molar-refractivity contribution in [2.45, 2.75) is 32.6 Å². The normalized spacial score (nSPS) is 19.4. The van der Waals surface area contributed by atoms with Crippen LogP contribution in [0.5, 0.6) is 0 Å². The van der Waals surface area contributed by atoms with E-state index in [0.29, 0.717) is 17.2 Å². The summed E-state index contributed by atoms with van der Waals surface area (Å²) >= 11 is 0. The van der Waals surface area contributed by atoms with E-state index in [2.05, 4.69) is 15.1 Å². The van der Waals surface area contributed by atoms with Gasteiger partial charge in [-0.05, 0) is 81.4 Å². The molecule has 0 unspecified atom stereocenters. The number of carbonyl (C=O) groups is 2. The topological polar surface area (TPSA) is 72.9 Å². The standard InChI is InChI=1S/C25H31N3O3/c1-18-7-2-3-9-21(18)24(29)26-20-10-11-23(22(15-20)25(30)31)28-14-6-8-19(17-28)16-27-12-4-5-13-27/h2-3,7,9-11,15,19H,4-6,8,12-14,16-17H2,1H3,(H,26,29)(H,30,31)/t19-/m0/s1. The number of piperidine rings is 1. The zero-order chi connectivity index (χ0) is 21.8. The van der Waals surface area contributed by atoms with Gasteiger partial charge in [0.05, 0.1) is 11.3 Å². The fourth-order valence-electron chi connectivity index (χ4n) is 4.85. The molecule has 1 atom stereocenters. The van der Waals surface area contributed by atoms with Crippen LogP contribution in [-0.4, -0.2) is 54.6 Å². The molecule has 2 fully saturated rings. The summed E-state index contributed by atoms with van der Waals surface area (Å²) < 4.78 is 0. The van der Waals surface area contributed by atoms with Crippen LogP contribution in [0.3, 0.4) is 0 Å². The Morgan fingerprint density at radius 1 is 1.03 bits per heavy atom. The quantitative estimate of drug-likeness (QED) is 0.729. The second kappa shape index (κ2) is 9.52. The van der Waals surface area contributed by atoms with Gasteiger partial charge in [-0.1, -0.05) is 18.2 Å². The van der Waals surface area contributed by atoms with E-state index in [1.807, 2.05) is 37.3 Å². The third kappa shape index (κ3) is 5.07. The number of carboxylic acids is 1. The van der Waals surface area contributed by atoms with E-state index in [4.69, 9.17) is 0 Å². The van der Waals surface area contributed by atoms with Crippen LogP contribution in [0, 0.1) is 12.8 Å². The van der Waals surface area contributed by atoms with Crippen molar-refractivity contribution < 1.29 is 14.7 Å². The van der Waals surface area contributed by atoms with Gasteiger partial charge in [-0.3, -0.25) is 4.79 Å². The van der Waals surface area contributed by atoms with Crippen molar-refractivity contribution in [3.05, 3.63) is 59.2 Å². The molecule has 0 aliphatic carbocycles. The average molecular weight is 422 g/mol. The van der Waals surface area contributed by atoms with E-state index in [-0.39, 0.29) is 11.5 Å². The number of hydrogen-bond acceptors (Lipinski definition) is 4. The number of hydrogen-bond donors (Lipinski definition) is 2. The lowest BCUT2D eigenvalue weighted by Crippen LogP contribution is -2.41. The molecular formula is C25H31N3O3. The summed E-state index contributed by atoms with van der Waals surface area (Å²) in [5.74, 6) is -0.636.